The third kappa shape index (κ3) is 4.30. The molecule has 0 bridgehead atoms. The minimum absolute atomic E-state index is 0.0496. The lowest BCUT2D eigenvalue weighted by Crippen LogP contribution is -2.28. The molecule has 4 aromatic heterocycles. The molecular formula is C23H17F5N8O. The summed E-state index contributed by atoms with van der Waals surface area (Å²) >= 11 is 0. The van der Waals surface area contributed by atoms with Gasteiger partial charge in [-0.1, -0.05) is 6.07 Å². The molecule has 0 aliphatic heterocycles. The number of nitrogens with one attached hydrogen (secondary N) is 1. The number of fused-ring (bicyclic) bond motifs is 1. The average Bonchev–Trinajstić information content (AvgIpc) is 3.22. The van der Waals surface area contributed by atoms with Gasteiger partial charge in [0.2, 0.25) is 0 Å². The number of nitrogens with zero attached hydrogens (tertiary/aromatic N) is 7. The summed E-state index contributed by atoms with van der Waals surface area (Å²) in [6, 6.07) is 3.24. The quantitative estimate of drug-likeness (QED) is 0.390. The zero-order valence-corrected chi connectivity index (χ0v) is 19.0. The van der Waals surface area contributed by atoms with Crippen molar-refractivity contribution < 1.29 is 22.0 Å². The molecule has 1 N–H and O–H groups in total. The molecule has 1 aliphatic rings. The van der Waals surface area contributed by atoms with E-state index in [1.165, 1.54) is 10.7 Å². The van der Waals surface area contributed by atoms with Gasteiger partial charge >= 0.3 is 6.18 Å². The standard InChI is InChI=1S/C23H17F5N8O/c1-10(11-2-5-16(30-7-11)23(26,27)28)36-21-17(15(6-29)35-36)22(37)34-20(33-21)14-4-3-13(14)19-31-8-12(9-32-19)18(24)25/h2,5,7-10,13-14,18H,3-4H2,1H3,(H,33,34,37)/t10?,13-,14-/m0/s1. The maximum Gasteiger partial charge on any atom is 0.433 e. The topological polar surface area (TPSA) is 126 Å². The molecule has 1 unspecified atom stereocenters. The van der Waals surface area contributed by atoms with Crippen molar-refractivity contribution in [3.05, 3.63) is 75.2 Å². The van der Waals surface area contributed by atoms with E-state index in [1.807, 2.05) is 6.07 Å². The number of alkyl halides is 5. The SMILES string of the molecule is CC(c1ccc(C(F)(F)F)nc1)n1nc(C#N)c2c(=O)[nH]c([C@H]3CC[C@@H]3c3ncc(C(F)F)cn3)nc21. The van der Waals surface area contributed by atoms with Crippen LogP contribution in [0.15, 0.2) is 35.5 Å². The Labute approximate surface area is 205 Å². The molecule has 4 aromatic rings. The van der Waals surface area contributed by atoms with Crippen molar-refractivity contribution in [1.29, 1.82) is 5.26 Å². The van der Waals surface area contributed by atoms with E-state index in [2.05, 4.69) is 30.0 Å². The van der Waals surface area contributed by atoms with Crippen LogP contribution in [-0.4, -0.2) is 34.7 Å². The maximum atomic E-state index is 13.0. The smallest absolute Gasteiger partial charge is 0.310 e. The Kier molecular flexibility index (Phi) is 5.93. The number of halogens is 5. The summed E-state index contributed by atoms with van der Waals surface area (Å²) < 4.78 is 65.7. The molecule has 0 spiro atoms. The minimum atomic E-state index is -4.60. The van der Waals surface area contributed by atoms with Gasteiger partial charge < -0.3 is 4.98 Å². The lowest BCUT2D eigenvalue weighted by atomic mass is 9.72. The molecule has 14 heteroatoms. The number of nitriles is 1. The average molecular weight is 516 g/mol. The van der Waals surface area contributed by atoms with E-state index in [1.54, 1.807) is 6.92 Å². The van der Waals surface area contributed by atoms with Gasteiger partial charge in [0, 0.05) is 30.4 Å². The second-order valence-electron chi connectivity index (χ2n) is 8.67. The van der Waals surface area contributed by atoms with E-state index in [9.17, 15) is 32.0 Å². The fraction of sp³-hybridized carbons (Fsp3) is 0.348. The molecular weight excluding hydrogens is 499 g/mol. The number of hydrogen-bond acceptors (Lipinski definition) is 7. The van der Waals surface area contributed by atoms with Crippen LogP contribution in [0.5, 0.6) is 0 Å². The fourth-order valence-electron chi connectivity index (χ4n) is 4.34. The van der Waals surface area contributed by atoms with Gasteiger partial charge in [0.15, 0.2) is 11.3 Å². The van der Waals surface area contributed by atoms with Crippen molar-refractivity contribution in [3.63, 3.8) is 0 Å². The third-order valence-electron chi connectivity index (χ3n) is 6.51. The Morgan fingerprint density at radius 1 is 1.08 bits per heavy atom. The summed E-state index contributed by atoms with van der Waals surface area (Å²) in [5, 5.41) is 13.7. The molecule has 37 heavy (non-hydrogen) atoms. The molecule has 5 rings (SSSR count). The molecule has 0 radical (unpaired) electrons. The Bertz CT molecular complexity index is 1550. The van der Waals surface area contributed by atoms with E-state index in [0.717, 1.165) is 24.7 Å². The highest BCUT2D eigenvalue weighted by atomic mass is 19.4. The lowest BCUT2D eigenvalue weighted by molar-refractivity contribution is -0.141. The van der Waals surface area contributed by atoms with Crippen molar-refractivity contribution in [2.75, 3.05) is 0 Å². The predicted octanol–water partition coefficient (Wildman–Crippen LogP) is 4.40. The van der Waals surface area contributed by atoms with E-state index in [0.29, 0.717) is 30.1 Å². The monoisotopic (exact) mass is 516 g/mol. The molecule has 1 fully saturated rings. The lowest BCUT2D eigenvalue weighted by Gasteiger charge is -2.34. The van der Waals surface area contributed by atoms with Crippen LogP contribution in [-0.2, 0) is 6.18 Å². The van der Waals surface area contributed by atoms with Crippen LogP contribution in [0, 0.1) is 11.3 Å². The van der Waals surface area contributed by atoms with E-state index in [-0.39, 0.29) is 34.1 Å². The number of hydrogen-bond donors (Lipinski definition) is 1. The van der Waals surface area contributed by atoms with Gasteiger partial charge in [-0.2, -0.15) is 23.5 Å². The highest BCUT2D eigenvalue weighted by Gasteiger charge is 2.38. The molecule has 0 aromatic carbocycles. The second-order valence-corrected chi connectivity index (χ2v) is 8.67. The highest BCUT2D eigenvalue weighted by molar-refractivity contribution is 5.80. The van der Waals surface area contributed by atoms with Gasteiger partial charge in [-0.15, -0.1) is 0 Å². The summed E-state index contributed by atoms with van der Waals surface area (Å²) in [4.78, 5) is 31.8. The van der Waals surface area contributed by atoms with E-state index >= 15 is 0 Å². The molecule has 190 valence electrons. The zero-order valence-electron chi connectivity index (χ0n) is 19.0. The minimum Gasteiger partial charge on any atom is -0.310 e. The summed E-state index contributed by atoms with van der Waals surface area (Å²) in [6.07, 6.45) is -2.83. The Morgan fingerprint density at radius 2 is 1.76 bits per heavy atom. The van der Waals surface area contributed by atoms with Crippen molar-refractivity contribution in [1.82, 2.24) is 34.7 Å². The Morgan fingerprint density at radius 3 is 2.30 bits per heavy atom. The largest absolute Gasteiger partial charge is 0.433 e. The third-order valence-corrected chi connectivity index (χ3v) is 6.51. The summed E-state index contributed by atoms with van der Waals surface area (Å²) in [7, 11) is 0. The number of rotatable bonds is 5. The van der Waals surface area contributed by atoms with E-state index < -0.39 is 29.9 Å². The number of aromatic amines is 1. The summed E-state index contributed by atoms with van der Waals surface area (Å²) in [6.45, 7) is 1.63. The maximum absolute atomic E-state index is 13.0. The molecule has 3 atom stereocenters. The highest BCUT2D eigenvalue weighted by Crippen LogP contribution is 2.46. The molecule has 0 saturated heterocycles. The molecule has 9 nitrogen and oxygen atoms in total. The van der Waals surface area contributed by atoms with Crippen LogP contribution in [0.1, 0.15) is 78.2 Å². The second kappa shape index (κ2) is 8.99. The summed E-state index contributed by atoms with van der Waals surface area (Å²) in [5.41, 5.74) is -1.68. The zero-order chi connectivity index (χ0) is 26.5. The number of aromatic nitrogens is 7. The van der Waals surface area contributed by atoms with Gasteiger partial charge in [-0.3, -0.25) is 9.78 Å². The van der Waals surface area contributed by atoms with E-state index in [4.69, 9.17) is 0 Å². The number of pyridine rings is 1. The van der Waals surface area contributed by atoms with Gasteiger partial charge in [0.05, 0.1) is 11.6 Å². The van der Waals surface area contributed by atoms with Crippen LogP contribution in [0.2, 0.25) is 0 Å². The van der Waals surface area contributed by atoms with Gasteiger partial charge in [0.25, 0.3) is 12.0 Å². The fourth-order valence-corrected chi connectivity index (χ4v) is 4.34. The van der Waals surface area contributed by atoms with Crippen molar-refractivity contribution >= 4 is 11.0 Å². The van der Waals surface area contributed by atoms with Crippen LogP contribution < -0.4 is 5.56 Å². The molecule has 1 saturated carbocycles. The summed E-state index contributed by atoms with van der Waals surface area (Å²) in [5.74, 6) is 0.0552. The molecule has 4 heterocycles. The first-order valence-corrected chi connectivity index (χ1v) is 11.1. The van der Waals surface area contributed by atoms with Crippen molar-refractivity contribution in [2.45, 2.75) is 50.2 Å². The predicted molar refractivity (Wildman–Crippen MR) is 118 cm³/mol. The Hall–Kier alpha value is -4.28. The van der Waals surface area contributed by atoms with Crippen LogP contribution >= 0.6 is 0 Å². The first-order chi connectivity index (χ1) is 17.6. The van der Waals surface area contributed by atoms with Crippen molar-refractivity contribution in [3.8, 4) is 6.07 Å². The Balaban J connectivity index is 1.53. The molecule has 0 amide bonds. The van der Waals surface area contributed by atoms with Crippen LogP contribution in [0.25, 0.3) is 11.0 Å². The first-order valence-electron chi connectivity index (χ1n) is 11.1. The van der Waals surface area contributed by atoms with Crippen LogP contribution in [0.4, 0.5) is 22.0 Å². The van der Waals surface area contributed by atoms with Gasteiger partial charge in [0.1, 0.15) is 28.8 Å². The van der Waals surface area contributed by atoms with Gasteiger partial charge in [-0.25, -0.2) is 28.4 Å². The normalized spacial score (nSPS) is 18.5. The molecule has 1 aliphatic carbocycles. The van der Waals surface area contributed by atoms with Gasteiger partial charge in [-0.05, 0) is 31.4 Å². The number of H-pyrrole nitrogens is 1. The first kappa shape index (κ1) is 24.4. The van der Waals surface area contributed by atoms with Crippen molar-refractivity contribution in [2.24, 2.45) is 0 Å². The van der Waals surface area contributed by atoms with Crippen LogP contribution in [0.3, 0.4) is 0 Å².